The van der Waals surface area contributed by atoms with Gasteiger partial charge in [-0.1, -0.05) is 15.9 Å². The molecule has 4 nitrogen and oxygen atoms in total. The Kier molecular flexibility index (Phi) is 5.00. The molecule has 1 heterocycles. The summed E-state index contributed by atoms with van der Waals surface area (Å²) in [6.07, 6.45) is 0. The molecule has 0 atom stereocenters. The third-order valence-electron chi connectivity index (χ3n) is 3.77. The van der Waals surface area contributed by atoms with Crippen LogP contribution in [0.3, 0.4) is 0 Å². The van der Waals surface area contributed by atoms with Crippen LogP contribution in [0.1, 0.15) is 25.0 Å². The van der Waals surface area contributed by atoms with Gasteiger partial charge < -0.3 is 4.74 Å². The molecule has 1 aliphatic heterocycles. The molecule has 0 spiro atoms. The van der Waals surface area contributed by atoms with E-state index in [4.69, 9.17) is 4.74 Å². The molecule has 1 saturated heterocycles. The number of sulfonamides is 1. The Morgan fingerprint density at radius 3 is 2.29 bits per heavy atom. The summed E-state index contributed by atoms with van der Waals surface area (Å²) in [6.45, 7) is 9.18. The van der Waals surface area contributed by atoms with Gasteiger partial charge in [-0.2, -0.15) is 0 Å². The fraction of sp³-hybridized carbons (Fsp3) is 0.600. The number of benzene rings is 1. The van der Waals surface area contributed by atoms with Gasteiger partial charge in [-0.15, -0.1) is 0 Å². The first kappa shape index (κ1) is 16.8. The van der Waals surface area contributed by atoms with Crippen molar-refractivity contribution >= 4 is 26.0 Å². The van der Waals surface area contributed by atoms with E-state index in [1.165, 1.54) is 0 Å². The normalized spacial score (nSPS) is 17.0. The fourth-order valence-corrected chi connectivity index (χ4v) is 4.00. The average molecular weight is 376 g/mol. The summed E-state index contributed by atoms with van der Waals surface area (Å²) in [5.74, 6) is 1.13. The molecule has 118 valence electrons. The molecule has 1 aliphatic rings. The first-order valence-electron chi connectivity index (χ1n) is 7.10. The number of hydrogen-bond donors (Lipinski definition) is 0. The van der Waals surface area contributed by atoms with Gasteiger partial charge in [0.25, 0.3) is 0 Å². The largest absolute Gasteiger partial charge is 0.493 e. The highest BCUT2D eigenvalue weighted by molar-refractivity contribution is 9.10. The predicted octanol–water partition coefficient (Wildman–Crippen LogP) is 3.11. The molecule has 1 fully saturated rings. The first-order valence-corrected chi connectivity index (χ1v) is 9.40. The van der Waals surface area contributed by atoms with Gasteiger partial charge in [0, 0.05) is 23.5 Å². The van der Waals surface area contributed by atoms with Gasteiger partial charge in [0.2, 0.25) is 10.0 Å². The zero-order chi connectivity index (χ0) is 15.8. The molecule has 0 aromatic heterocycles. The molecule has 1 aromatic rings. The second-order valence-electron chi connectivity index (χ2n) is 5.96. The highest BCUT2D eigenvalue weighted by atomic mass is 79.9. The molecule has 2 rings (SSSR count). The summed E-state index contributed by atoms with van der Waals surface area (Å²) in [4.78, 5) is 0. The minimum Gasteiger partial charge on any atom is -0.493 e. The van der Waals surface area contributed by atoms with Gasteiger partial charge in [-0.05, 0) is 51.0 Å². The minimum atomic E-state index is -3.10. The second kappa shape index (κ2) is 6.26. The Morgan fingerprint density at radius 2 is 1.81 bits per heavy atom. The van der Waals surface area contributed by atoms with Crippen molar-refractivity contribution in [2.75, 3.05) is 19.7 Å². The van der Waals surface area contributed by atoms with Crippen molar-refractivity contribution in [1.82, 2.24) is 4.31 Å². The molecule has 0 saturated carbocycles. The Labute approximate surface area is 135 Å². The molecule has 0 bridgehead atoms. The van der Waals surface area contributed by atoms with E-state index in [1.807, 2.05) is 26.0 Å². The Morgan fingerprint density at radius 1 is 1.29 bits per heavy atom. The lowest BCUT2D eigenvalue weighted by molar-refractivity contribution is 0.129. The maximum atomic E-state index is 11.9. The molecule has 21 heavy (non-hydrogen) atoms. The van der Waals surface area contributed by atoms with Crippen LogP contribution in [-0.2, 0) is 10.0 Å². The zero-order valence-electron chi connectivity index (χ0n) is 12.9. The van der Waals surface area contributed by atoms with Gasteiger partial charge in [0.15, 0.2) is 0 Å². The van der Waals surface area contributed by atoms with E-state index in [0.717, 1.165) is 21.3 Å². The number of ether oxygens (including phenoxy) is 1. The van der Waals surface area contributed by atoms with Crippen LogP contribution in [-0.4, -0.2) is 37.7 Å². The standard InChI is InChI=1S/C15H22BrNO3S/c1-10(2)21(18,19)17-7-13(8-17)9-20-14-5-11(3)15(16)12(4)6-14/h5-6,10,13H,7-9H2,1-4H3. The zero-order valence-corrected chi connectivity index (χ0v) is 15.3. The van der Waals surface area contributed by atoms with E-state index in [-0.39, 0.29) is 11.2 Å². The second-order valence-corrected chi connectivity index (χ2v) is 9.24. The lowest BCUT2D eigenvalue weighted by Crippen LogP contribution is -2.53. The molecule has 0 unspecified atom stereocenters. The van der Waals surface area contributed by atoms with Gasteiger partial charge >= 0.3 is 0 Å². The number of aryl methyl sites for hydroxylation is 2. The van der Waals surface area contributed by atoms with Crippen LogP contribution < -0.4 is 4.74 Å². The molecule has 0 radical (unpaired) electrons. The van der Waals surface area contributed by atoms with Crippen molar-refractivity contribution < 1.29 is 13.2 Å². The maximum Gasteiger partial charge on any atom is 0.216 e. The molecule has 6 heteroatoms. The van der Waals surface area contributed by atoms with E-state index in [0.29, 0.717) is 19.7 Å². The van der Waals surface area contributed by atoms with Crippen LogP contribution in [0.25, 0.3) is 0 Å². The first-order chi connectivity index (χ1) is 9.71. The number of rotatable bonds is 5. The van der Waals surface area contributed by atoms with Crippen molar-refractivity contribution in [3.8, 4) is 5.75 Å². The van der Waals surface area contributed by atoms with Gasteiger partial charge in [0.05, 0.1) is 11.9 Å². The Hall–Kier alpha value is -0.590. The van der Waals surface area contributed by atoms with E-state index in [2.05, 4.69) is 15.9 Å². The van der Waals surface area contributed by atoms with Gasteiger partial charge in [0.1, 0.15) is 5.75 Å². The fourth-order valence-electron chi connectivity index (χ4n) is 2.34. The van der Waals surface area contributed by atoms with E-state index in [1.54, 1.807) is 18.2 Å². The molecule has 0 amide bonds. The van der Waals surface area contributed by atoms with Crippen molar-refractivity contribution in [2.24, 2.45) is 5.92 Å². The summed E-state index contributed by atoms with van der Waals surface area (Å²) < 4.78 is 32.3. The smallest absolute Gasteiger partial charge is 0.216 e. The highest BCUT2D eigenvalue weighted by Crippen LogP contribution is 2.28. The summed E-state index contributed by atoms with van der Waals surface area (Å²) in [5, 5.41) is -0.351. The number of nitrogens with zero attached hydrogens (tertiary/aromatic N) is 1. The molecular formula is C15H22BrNO3S. The van der Waals surface area contributed by atoms with Crippen LogP contribution in [0.15, 0.2) is 16.6 Å². The summed E-state index contributed by atoms with van der Waals surface area (Å²) in [7, 11) is -3.10. The Bertz CT molecular complexity index is 599. The third-order valence-corrected chi connectivity index (χ3v) is 7.24. The Balaban J connectivity index is 1.87. The quantitative estimate of drug-likeness (QED) is 0.793. The van der Waals surface area contributed by atoms with E-state index < -0.39 is 10.0 Å². The molecule has 0 N–H and O–H groups in total. The van der Waals surface area contributed by atoms with Crippen LogP contribution in [0.4, 0.5) is 0 Å². The summed E-state index contributed by atoms with van der Waals surface area (Å²) in [6, 6.07) is 4.00. The summed E-state index contributed by atoms with van der Waals surface area (Å²) >= 11 is 3.53. The highest BCUT2D eigenvalue weighted by Gasteiger charge is 2.37. The topological polar surface area (TPSA) is 46.6 Å². The average Bonchev–Trinajstić information content (AvgIpc) is 2.33. The van der Waals surface area contributed by atoms with Crippen molar-refractivity contribution in [1.29, 1.82) is 0 Å². The lowest BCUT2D eigenvalue weighted by atomic mass is 10.1. The van der Waals surface area contributed by atoms with Gasteiger partial charge in [-0.25, -0.2) is 12.7 Å². The van der Waals surface area contributed by atoms with Crippen LogP contribution in [0.5, 0.6) is 5.75 Å². The van der Waals surface area contributed by atoms with Crippen molar-refractivity contribution in [3.05, 3.63) is 27.7 Å². The molecular weight excluding hydrogens is 354 g/mol. The maximum absolute atomic E-state index is 11.9. The lowest BCUT2D eigenvalue weighted by Gasteiger charge is -2.38. The number of halogens is 1. The van der Waals surface area contributed by atoms with E-state index >= 15 is 0 Å². The van der Waals surface area contributed by atoms with E-state index in [9.17, 15) is 8.42 Å². The summed E-state index contributed by atoms with van der Waals surface area (Å²) in [5.41, 5.74) is 2.28. The third kappa shape index (κ3) is 3.60. The van der Waals surface area contributed by atoms with Crippen molar-refractivity contribution in [2.45, 2.75) is 32.9 Å². The van der Waals surface area contributed by atoms with Crippen LogP contribution >= 0.6 is 15.9 Å². The van der Waals surface area contributed by atoms with Crippen LogP contribution in [0.2, 0.25) is 0 Å². The van der Waals surface area contributed by atoms with Crippen molar-refractivity contribution in [3.63, 3.8) is 0 Å². The molecule has 0 aliphatic carbocycles. The van der Waals surface area contributed by atoms with Gasteiger partial charge in [-0.3, -0.25) is 0 Å². The van der Waals surface area contributed by atoms with Crippen LogP contribution in [0, 0.1) is 19.8 Å². The SMILES string of the molecule is Cc1cc(OCC2CN(S(=O)(=O)C(C)C)C2)cc(C)c1Br. The monoisotopic (exact) mass is 375 g/mol. The predicted molar refractivity (Wildman–Crippen MR) is 88.2 cm³/mol. The minimum absolute atomic E-state index is 0.280. The number of hydrogen-bond acceptors (Lipinski definition) is 3. The molecule has 1 aromatic carbocycles.